The van der Waals surface area contributed by atoms with Crippen LogP contribution in [0.4, 0.5) is 18.9 Å². The van der Waals surface area contributed by atoms with Gasteiger partial charge in [0.25, 0.3) is 0 Å². The monoisotopic (exact) mass is 310 g/mol. The molecule has 1 aromatic rings. The van der Waals surface area contributed by atoms with E-state index in [1.165, 1.54) is 13.0 Å². The summed E-state index contributed by atoms with van der Waals surface area (Å²) in [7, 11) is -3.91. The molecule has 0 unspecified atom stereocenters. The van der Waals surface area contributed by atoms with E-state index in [-0.39, 0.29) is 11.4 Å². The van der Waals surface area contributed by atoms with Crippen LogP contribution < -0.4 is 10.0 Å². The first-order chi connectivity index (χ1) is 9.08. The van der Waals surface area contributed by atoms with Crippen molar-refractivity contribution in [1.82, 2.24) is 0 Å². The summed E-state index contributed by atoms with van der Waals surface area (Å²) >= 11 is 0. The highest BCUT2D eigenvalue weighted by atomic mass is 32.2. The van der Waals surface area contributed by atoms with Gasteiger partial charge in [0, 0.05) is 0 Å². The molecule has 0 radical (unpaired) electrons. The van der Waals surface area contributed by atoms with Gasteiger partial charge in [0.1, 0.15) is 6.54 Å². The van der Waals surface area contributed by atoms with Crippen LogP contribution in [0.1, 0.15) is 12.5 Å². The van der Waals surface area contributed by atoms with E-state index in [9.17, 15) is 26.4 Å². The van der Waals surface area contributed by atoms with Crippen molar-refractivity contribution in [2.45, 2.75) is 13.1 Å². The Labute approximate surface area is 114 Å². The summed E-state index contributed by atoms with van der Waals surface area (Å²) in [6.07, 6.45) is -4.61. The molecule has 0 aliphatic carbocycles. The van der Waals surface area contributed by atoms with Crippen LogP contribution in [0.5, 0.6) is 0 Å². The van der Waals surface area contributed by atoms with Gasteiger partial charge in [-0.25, -0.2) is 8.42 Å². The number of hydrogen-bond donors (Lipinski definition) is 1. The second-order valence-corrected chi connectivity index (χ2v) is 6.10. The van der Waals surface area contributed by atoms with E-state index < -0.39 is 34.2 Å². The minimum Gasteiger partial charge on any atom is -0.368 e. The Morgan fingerprint density at radius 2 is 1.95 bits per heavy atom. The predicted octanol–water partition coefficient (Wildman–Crippen LogP) is 1.35. The van der Waals surface area contributed by atoms with Crippen LogP contribution >= 0.6 is 0 Å². The maximum absolute atomic E-state index is 12.6. The third kappa shape index (κ3) is 3.86. The first-order valence-corrected chi connectivity index (χ1v) is 7.15. The molecule has 0 fully saturated rings. The summed E-state index contributed by atoms with van der Waals surface area (Å²) in [5, 5.41) is 0. The van der Waals surface area contributed by atoms with Crippen LogP contribution in [0.25, 0.3) is 0 Å². The largest absolute Gasteiger partial charge is 0.416 e. The summed E-state index contributed by atoms with van der Waals surface area (Å²) in [4.78, 5) is 10.9. The lowest BCUT2D eigenvalue weighted by molar-refractivity contribution is -0.137. The molecule has 5 nitrogen and oxygen atoms in total. The molecule has 0 saturated heterocycles. The molecule has 0 heterocycles. The fourth-order valence-corrected chi connectivity index (χ4v) is 2.56. The van der Waals surface area contributed by atoms with Crippen molar-refractivity contribution in [3.8, 4) is 0 Å². The number of carbonyl (C=O) groups is 1. The van der Waals surface area contributed by atoms with Crippen molar-refractivity contribution < 1.29 is 26.4 Å². The number of amides is 1. The first-order valence-electron chi connectivity index (χ1n) is 5.54. The average Bonchev–Trinajstić information content (AvgIpc) is 2.34. The number of anilines is 1. The molecular formula is C11H13F3N2O3S. The number of halogens is 3. The zero-order valence-corrected chi connectivity index (χ0v) is 11.3. The van der Waals surface area contributed by atoms with E-state index in [0.717, 1.165) is 12.1 Å². The quantitative estimate of drug-likeness (QED) is 0.891. The Morgan fingerprint density at radius 1 is 1.35 bits per heavy atom. The molecule has 0 saturated carbocycles. The highest BCUT2D eigenvalue weighted by Gasteiger charge is 2.32. The zero-order chi connectivity index (χ0) is 15.6. The maximum atomic E-state index is 12.6. The number of carbonyl (C=O) groups excluding carboxylic acids is 1. The van der Waals surface area contributed by atoms with Crippen molar-refractivity contribution in [3.05, 3.63) is 29.8 Å². The van der Waals surface area contributed by atoms with E-state index >= 15 is 0 Å². The normalized spacial score (nSPS) is 12.2. The second kappa shape index (κ2) is 5.70. The number of hydrogen-bond acceptors (Lipinski definition) is 3. The predicted molar refractivity (Wildman–Crippen MR) is 67.4 cm³/mol. The molecular weight excluding hydrogens is 297 g/mol. The summed E-state index contributed by atoms with van der Waals surface area (Å²) in [6, 6.07) is 3.71. The Kier molecular flexibility index (Phi) is 4.64. The van der Waals surface area contributed by atoms with Gasteiger partial charge in [-0.05, 0) is 25.1 Å². The number of benzene rings is 1. The molecule has 0 aliphatic heterocycles. The Hall–Kier alpha value is -1.77. The van der Waals surface area contributed by atoms with Crippen molar-refractivity contribution in [1.29, 1.82) is 0 Å². The number of rotatable bonds is 5. The lowest BCUT2D eigenvalue weighted by Gasteiger charge is -2.23. The number of nitrogens with zero attached hydrogens (tertiary/aromatic N) is 1. The Bertz CT molecular complexity index is 599. The topological polar surface area (TPSA) is 80.5 Å². The molecule has 2 N–H and O–H groups in total. The van der Waals surface area contributed by atoms with Gasteiger partial charge >= 0.3 is 6.18 Å². The molecule has 9 heteroatoms. The minimum atomic E-state index is -4.61. The van der Waals surface area contributed by atoms with Gasteiger partial charge in [0.15, 0.2) is 0 Å². The summed E-state index contributed by atoms with van der Waals surface area (Å²) in [6.45, 7) is 0.606. The maximum Gasteiger partial charge on any atom is 0.416 e. The third-order valence-corrected chi connectivity index (χ3v) is 4.20. The van der Waals surface area contributed by atoms with E-state index in [1.807, 2.05) is 0 Å². The van der Waals surface area contributed by atoms with Crippen LogP contribution in [0.3, 0.4) is 0 Å². The van der Waals surface area contributed by atoms with Gasteiger partial charge in [-0.1, -0.05) is 6.07 Å². The van der Waals surface area contributed by atoms with Crippen LogP contribution in [-0.4, -0.2) is 26.6 Å². The highest BCUT2D eigenvalue weighted by molar-refractivity contribution is 7.92. The van der Waals surface area contributed by atoms with E-state index in [4.69, 9.17) is 5.73 Å². The van der Waals surface area contributed by atoms with Crippen molar-refractivity contribution in [2.75, 3.05) is 16.6 Å². The molecule has 20 heavy (non-hydrogen) atoms. The number of primary amides is 1. The van der Waals surface area contributed by atoms with Gasteiger partial charge in [0.05, 0.1) is 17.0 Å². The highest BCUT2D eigenvalue weighted by Crippen LogP contribution is 2.32. The van der Waals surface area contributed by atoms with Gasteiger partial charge in [-0.3, -0.25) is 9.10 Å². The van der Waals surface area contributed by atoms with Gasteiger partial charge in [-0.15, -0.1) is 0 Å². The molecule has 0 spiro atoms. The molecule has 1 aromatic carbocycles. The number of nitrogens with two attached hydrogens (primary N) is 1. The molecule has 0 aromatic heterocycles. The fourth-order valence-electron chi connectivity index (χ4n) is 1.48. The van der Waals surface area contributed by atoms with Gasteiger partial charge in [-0.2, -0.15) is 13.2 Å². The Balaban J connectivity index is 3.32. The minimum absolute atomic E-state index is 0.250. The average molecular weight is 310 g/mol. The molecule has 0 aliphatic rings. The van der Waals surface area contributed by atoms with Crippen LogP contribution in [0.2, 0.25) is 0 Å². The van der Waals surface area contributed by atoms with E-state index in [2.05, 4.69) is 0 Å². The lowest BCUT2D eigenvalue weighted by Crippen LogP contribution is -2.39. The van der Waals surface area contributed by atoms with Crippen molar-refractivity contribution in [2.24, 2.45) is 5.73 Å². The van der Waals surface area contributed by atoms with Crippen molar-refractivity contribution >= 4 is 21.6 Å². The van der Waals surface area contributed by atoms with Crippen LogP contribution in [-0.2, 0) is 21.0 Å². The van der Waals surface area contributed by atoms with E-state index in [0.29, 0.717) is 10.4 Å². The van der Waals surface area contributed by atoms with Gasteiger partial charge < -0.3 is 5.73 Å². The zero-order valence-electron chi connectivity index (χ0n) is 10.5. The molecule has 0 atom stereocenters. The molecule has 0 bridgehead atoms. The molecule has 1 amide bonds. The smallest absolute Gasteiger partial charge is 0.368 e. The second-order valence-electron chi connectivity index (χ2n) is 3.92. The summed E-state index contributed by atoms with van der Waals surface area (Å²) in [5.74, 6) is -1.32. The lowest BCUT2D eigenvalue weighted by atomic mass is 10.2. The first kappa shape index (κ1) is 16.3. The molecule has 1 rings (SSSR count). The third-order valence-electron chi connectivity index (χ3n) is 2.46. The number of sulfonamides is 1. The standard InChI is InChI=1S/C11H13F3N2O3S/c1-2-20(18,19)16(7-10(15)17)9-5-3-4-8(6-9)11(12,13)14/h3-6H,2,7H2,1H3,(H2,15,17). The summed E-state index contributed by atoms with van der Waals surface area (Å²) in [5.41, 5.74) is 3.69. The van der Waals surface area contributed by atoms with Gasteiger partial charge in [0.2, 0.25) is 15.9 Å². The van der Waals surface area contributed by atoms with Crippen LogP contribution in [0, 0.1) is 0 Å². The SMILES string of the molecule is CCS(=O)(=O)N(CC(N)=O)c1cccc(C(F)(F)F)c1. The summed E-state index contributed by atoms with van der Waals surface area (Å²) < 4.78 is 62.1. The Morgan fingerprint density at radius 3 is 2.40 bits per heavy atom. The van der Waals surface area contributed by atoms with E-state index in [1.54, 1.807) is 0 Å². The number of alkyl halides is 3. The molecule has 112 valence electrons. The van der Waals surface area contributed by atoms with Crippen molar-refractivity contribution in [3.63, 3.8) is 0 Å². The van der Waals surface area contributed by atoms with Crippen LogP contribution in [0.15, 0.2) is 24.3 Å². The fraction of sp³-hybridized carbons (Fsp3) is 0.364.